The van der Waals surface area contributed by atoms with Crippen molar-refractivity contribution < 1.29 is 22.7 Å². The monoisotopic (exact) mass is 394 g/mol. The molecular formula is C14H19ClN2O5S2. The van der Waals surface area contributed by atoms with Gasteiger partial charge in [-0.2, -0.15) is 11.8 Å². The SMILES string of the molecule is COC(=O)[C@@H](CCSC)NC(=O)CNS(=O)(=O)c1ccc(Cl)cc1. The molecule has 0 aliphatic rings. The normalized spacial score (nSPS) is 12.5. The molecule has 1 atom stereocenters. The summed E-state index contributed by atoms with van der Waals surface area (Å²) in [7, 11) is -2.61. The van der Waals surface area contributed by atoms with E-state index in [9.17, 15) is 18.0 Å². The van der Waals surface area contributed by atoms with Crippen LogP contribution in [0.25, 0.3) is 0 Å². The Bertz CT molecular complexity index is 664. The average molecular weight is 395 g/mol. The number of halogens is 1. The number of amides is 1. The molecule has 0 aromatic heterocycles. The highest BCUT2D eigenvalue weighted by Gasteiger charge is 2.22. The van der Waals surface area contributed by atoms with Gasteiger partial charge in [-0.25, -0.2) is 17.9 Å². The van der Waals surface area contributed by atoms with E-state index in [2.05, 4.69) is 14.8 Å². The standard InChI is InChI=1S/C14H19ClN2O5S2/c1-22-14(19)12(7-8-23-2)17-13(18)9-16-24(20,21)11-5-3-10(15)4-6-11/h3-6,12,16H,7-9H2,1-2H3,(H,17,18)/t12-/m1/s1. The summed E-state index contributed by atoms with van der Waals surface area (Å²) < 4.78 is 30.9. The summed E-state index contributed by atoms with van der Waals surface area (Å²) in [6.45, 7) is -0.488. The van der Waals surface area contributed by atoms with Crippen LogP contribution in [0.5, 0.6) is 0 Å². The van der Waals surface area contributed by atoms with Crippen LogP contribution in [0.1, 0.15) is 6.42 Å². The molecule has 0 aliphatic heterocycles. The van der Waals surface area contributed by atoms with Gasteiger partial charge in [-0.05, 0) is 42.7 Å². The van der Waals surface area contributed by atoms with E-state index in [1.165, 1.54) is 43.1 Å². The molecule has 2 N–H and O–H groups in total. The van der Waals surface area contributed by atoms with Crippen molar-refractivity contribution in [3.05, 3.63) is 29.3 Å². The minimum Gasteiger partial charge on any atom is -0.467 e. The van der Waals surface area contributed by atoms with Crippen molar-refractivity contribution in [2.45, 2.75) is 17.4 Å². The largest absolute Gasteiger partial charge is 0.467 e. The van der Waals surface area contributed by atoms with Crippen molar-refractivity contribution in [2.75, 3.05) is 25.7 Å². The topological polar surface area (TPSA) is 102 Å². The highest BCUT2D eigenvalue weighted by atomic mass is 35.5. The molecule has 1 amide bonds. The molecule has 0 bridgehead atoms. The Hall–Kier alpha value is -1.29. The summed E-state index contributed by atoms with van der Waals surface area (Å²) in [5.41, 5.74) is 0. The van der Waals surface area contributed by atoms with Crippen LogP contribution in [0.3, 0.4) is 0 Å². The molecule has 0 saturated heterocycles. The predicted octanol–water partition coefficient (Wildman–Crippen LogP) is 1.03. The van der Waals surface area contributed by atoms with Gasteiger partial charge in [0.2, 0.25) is 15.9 Å². The van der Waals surface area contributed by atoms with Gasteiger partial charge in [-0.3, -0.25) is 4.79 Å². The van der Waals surface area contributed by atoms with Crippen LogP contribution < -0.4 is 10.0 Å². The molecule has 24 heavy (non-hydrogen) atoms. The fourth-order valence-corrected chi connectivity index (χ4v) is 3.31. The molecule has 0 spiro atoms. The molecule has 0 radical (unpaired) electrons. The first-order chi connectivity index (χ1) is 11.3. The lowest BCUT2D eigenvalue weighted by molar-refractivity contribution is -0.145. The van der Waals surface area contributed by atoms with Crippen molar-refractivity contribution in [3.63, 3.8) is 0 Å². The number of carbonyl (C=O) groups excluding carboxylic acids is 2. The smallest absolute Gasteiger partial charge is 0.328 e. The van der Waals surface area contributed by atoms with E-state index in [4.69, 9.17) is 11.6 Å². The Balaban J connectivity index is 2.63. The number of nitrogens with one attached hydrogen (secondary N) is 2. The zero-order valence-corrected chi connectivity index (χ0v) is 15.6. The summed E-state index contributed by atoms with van der Waals surface area (Å²) in [6.07, 6.45) is 2.26. The lowest BCUT2D eigenvalue weighted by Crippen LogP contribution is -2.46. The van der Waals surface area contributed by atoms with Crippen LogP contribution in [-0.4, -0.2) is 52.0 Å². The molecular weight excluding hydrogens is 376 g/mol. The van der Waals surface area contributed by atoms with Gasteiger partial charge in [0.1, 0.15) is 6.04 Å². The van der Waals surface area contributed by atoms with Gasteiger partial charge < -0.3 is 10.1 Å². The molecule has 0 fully saturated rings. The molecule has 0 aliphatic carbocycles. The van der Waals surface area contributed by atoms with E-state index < -0.39 is 34.5 Å². The minimum absolute atomic E-state index is 0.00778. The fourth-order valence-electron chi connectivity index (χ4n) is 1.73. The van der Waals surface area contributed by atoms with Crippen molar-refractivity contribution in [3.8, 4) is 0 Å². The lowest BCUT2D eigenvalue weighted by Gasteiger charge is -2.16. The van der Waals surface area contributed by atoms with E-state index in [0.717, 1.165) is 0 Å². The number of sulfonamides is 1. The number of hydrogen-bond donors (Lipinski definition) is 2. The molecule has 0 saturated carbocycles. The number of esters is 1. The summed E-state index contributed by atoms with van der Waals surface area (Å²) >= 11 is 7.23. The van der Waals surface area contributed by atoms with Crippen LogP contribution >= 0.6 is 23.4 Å². The fraction of sp³-hybridized carbons (Fsp3) is 0.429. The molecule has 0 unspecified atom stereocenters. The Morgan fingerprint density at radius 3 is 2.46 bits per heavy atom. The van der Waals surface area contributed by atoms with Crippen molar-refractivity contribution in [1.29, 1.82) is 0 Å². The second-order valence-electron chi connectivity index (χ2n) is 4.70. The van der Waals surface area contributed by atoms with Crippen molar-refractivity contribution >= 4 is 45.3 Å². The van der Waals surface area contributed by atoms with Gasteiger partial charge >= 0.3 is 5.97 Å². The second-order valence-corrected chi connectivity index (χ2v) is 7.89. The zero-order valence-electron chi connectivity index (χ0n) is 13.2. The molecule has 0 heterocycles. The number of benzene rings is 1. The van der Waals surface area contributed by atoms with Gasteiger partial charge in [-0.1, -0.05) is 11.6 Å². The van der Waals surface area contributed by atoms with Gasteiger partial charge in [-0.15, -0.1) is 0 Å². The lowest BCUT2D eigenvalue weighted by atomic mass is 10.2. The molecule has 7 nitrogen and oxygen atoms in total. The van der Waals surface area contributed by atoms with Crippen LogP contribution in [-0.2, 0) is 24.3 Å². The van der Waals surface area contributed by atoms with Crippen LogP contribution in [0.2, 0.25) is 5.02 Å². The quantitative estimate of drug-likeness (QED) is 0.606. The average Bonchev–Trinajstić information content (AvgIpc) is 2.56. The highest BCUT2D eigenvalue weighted by molar-refractivity contribution is 7.98. The number of hydrogen-bond acceptors (Lipinski definition) is 6. The maximum absolute atomic E-state index is 12.1. The Morgan fingerprint density at radius 1 is 1.29 bits per heavy atom. The maximum atomic E-state index is 12.1. The Kier molecular flexibility index (Phi) is 8.54. The first kappa shape index (κ1) is 20.8. The second kappa shape index (κ2) is 9.87. The van der Waals surface area contributed by atoms with Crippen molar-refractivity contribution in [1.82, 2.24) is 10.0 Å². The maximum Gasteiger partial charge on any atom is 0.328 e. The van der Waals surface area contributed by atoms with Gasteiger partial charge in [0.15, 0.2) is 0 Å². The third kappa shape index (κ3) is 6.68. The van der Waals surface area contributed by atoms with Crippen LogP contribution in [0, 0.1) is 0 Å². The number of rotatable bonds is 9. The summed E-state index contributed by atoms with van der Waals surface area (Å²) in [4.78, 5) is 23.5. The Labute approximate surface area is 150 Å². The molecule has 1 aromatic carbocycles. The summed E-state index contributed by atoms with van der Waals surface area (Å²) in [5, 5.41) is 2.86. The van der Waals surface area contributed by atoms with Crippen LogP contribution in [0.4, 0.5) is 0 Å². The van der Waals surface area contributed by atoms with E-state index in [1.807, 2.05) is 6.26 Å². The van der Waals surface area contributed by atoms with Gasteiger partial charge in [0, 0.05) is 5.02 Å². The number of ether oxygens (including phenoxy) is 1. The molecule has 10 heteroatoms. The van der Waals surface area contributed by atoms with E-state index in [-0.39, 0.29) is 4.90 Å². The third-order valence-electron chi connectivity index (χ3n) is 2.98. The predicted molar refractivity (Wildman–Crippen MR) is 93.6 cm³/mol. The summed E-state index contributed by atoms with van der Waals surface area (Å²) in [6, 6.07) is 4.73. The summed E-state index contributed by atoms with van der Waals surface area (Å²) in [5.74, 6) is -0.543. The molecule has 134 valence electrons. The van der Waals surface area contributed by atoms with E-state index in [1.54, 1.807) is 0 Å². The van der Waals surface area contributed by atoms with E-state index >= 15 is 0 Å². The number of methoxy groups -OCH3 is 1. The minimum atomic E-state index is -3.84. The highest BCUT2D eigenvalue weighted by Crippen LogP contribution is 2.13. The number of carbonyl (C=O) groups is 2. The molecule has 1 rings (SSSR count). The zero-order chi connectivity index (χ0) is 18.2. The van der Waals surface area contributed by atoms with Crippen molar-refractivity contribution in [2.24, 2.45) is 0 Å². The Morgan fingerprint density at radius 2 is 1.92 bits per heavy atom. The number of thioether (sulfide) groups is 1. The van der Waals surface area contributed by atoms with Gasteiger partial charge in [0.05, 0.1) is 18.6 Å². The van der Waals surface area contributed by atoms with Gasteiger partial charge in [0.25, 0.3) is 0 Å². The molecule has 1 aromatic rings. The van der Waals surface area contributed by atoms with Crippen LogP contribution in [0.15, 0.2) is 29.2 Å². The van der Waals surface area contributed by atoms with E-state index in [0.29, 0.717) is 17.2 Å². The third-order valence-corrected chi connectivity index (χ3v) is 5.29. The first-order valence-corrected chi connectivity index (χ1v) is 10.2. The first-order valence-electron chi connectivity index (χ1n) is 6.91.